The predicted octanol–water partition coefficient (Wildman–Crippen LogP) is -3.95. The van der Waals surface area contributed by atoms with E-state index in [-0.39, 0.29) is 0 Å². The van der Waals surface area contributed by atoms with Crippen LogP contribution in [0.3, 0.4) is 0 Å². The molecule has 0 fully saturated rings. The van der Waals surface area contributed by atoms with Crippen LogP contribution in [0, 0.1) is 10.0 Å². The van der Waals surface area contributed by atoms with Gasteiger partial charge in [0.05, 0.1) is 0 Å². The fourth-order valence-electron chi connectivity index (χ4n) is 1.04. The summed E-state index contributed by atoms with van der Waals surface area (Å²) in [7, 11) is 4.12. The summed E-state index contributed by atoms with van der Waals surface area (Å²) in [6.45, 7) is 12.6. The summed E-state index contributed by atoms with van der Waals surface area (Å²) in [5.41, 5.74) is 0. The van der Waals surface area contributed by atoms with E-state index in [0.717, 1.165) is 0 Å². The van der Waals surface area contributed by atoms with Gasteiger partial charge in [0.2, 0.25) is 0 Å². The van der Waals surface area contributed by atoms with Crippen LogP contribution in [0.5, 0.6) is 0 Å². The first-order valence-corrected chi connectivity index (χ1v) is 3.56. The molecule has 0 aliphatic heterocycles. The molecule has 0 atom stereocenters. The van der Waals surface area contributed by atoms with Crippen molar-refractivity contribution >= 4 is 56.1 Å². The second-order valence-corrected chi connectivity index (χ2v) is 2.21. The van der Waals surface area contributed by atoms with Gasteiger partial charge in [0.1, 0.15) is 0 Å². The molecule has 1 heterocycles. The molecule has 0 unspecified atom stereocenters. The van der Waals surface area contributed by atoms with Crippen molar-refractivity contribution in [3.05, 3.63) is 10.0 Å². The van der Waals surface area contributed by atoms with Gasteiger partial charge in [-0.2, -0.15) is 0 Å². The van der Waals surface area contributed by atoms with E-state index in [9.17, 15) is 0 Å². The summed E-state index contributed by atoms with van der Waals surface area (Å²) in [6.07, 6.45) is 0. The predicted molar refractivity (Wildman–Crippen MR) is 58.1 cm³/mol. The summed E-state index contributed by atoms with van der Waals surface area (Å²) in [5, 5.41) is 2.62. The number of hydrogen-bond acceptors (Lipinski definition) is 0. The van der Waals surface area contributed by atoms with E-state index in [0.29, 0.717) is 0 Å². The van der Waals surface area contributed by atoms with Crippen LogP contribution in [0.25, 0.3) is 0 Å². The summed E-state index contributed by atoms with van der Waals surface area (Å²) in [6, 6.07) is 0. The zero-order valence-corrected chi connectivity index (χ0v) is 6.46. The molecule has 0 bridgehead atoms. The zero-order valence-electron chi connectivity index (χ0n) is 6.46. The second-order valence-electron chi connectivity index (χ2n) is 2.21. The Balaban J connectivity index is 3.53. The number of rotatable bonds is 0. The van der Waals surface area contributed by atoms with Gasteiger partial charge in [0.25, 0.3) is 0 Å². The normalized spacial score (nSPS) is 10.8. The Kier molecular flexibility index (Phi) is 3.51. The molecular weight excluding hydrogens is 111 g/mol. The van der Waals surface area contributed by atoms with E-state index in [1.54, 1.807) is 0 Å². The van der Waals surface area contributed by atoms with Crippen molar-refractivity contribution in [1.29, 1.82) is 0 Å². The van der Waals surface area contributed by atoms with Crippen LogP contribution >= 0.6 is 0 Å². The fraction of sp³-hybridized carbons (Fsp3) is 0. The van der Waals surface area contributed by atoms with Gasteiger partial charge in [0.15, 0.2) is 0 Å². The van der Waals surface area contributed by atoms with Crippen LogP contribution in [-0.4, -0.2) is 56.1 Å². The standard InChI is InChI=1S/C2H4B8/c3-5-1-2(6-4)8-10-9-7-1/h3-4H2. The molecule has 0 aliphatic carbocycles. The third-order valence-electron chi connectivity index (χ3n) is 1.62. The first-order chi connectivity index (χ1) is 4.88. The van der Waals surface area contributed by atoms with E-state index in [1.165, 1.54) is 10.0 Å². The molecule has 0 spiro atoms. The SMILES string of the molecule is B/B=c1/bbbb/c1=B/B. The third kappa shape index (κ3) is 1.87. The quantitative estimate of drug-likeness (QED) is 0.302. The molecule has 1 aromatic heterocycles. The molecule has 0 aliphatic rings. The Bertz CT molecular complexity index is 281. The second kappa shape index (κ2) is 4.20. The average Bonchev–Trinajstić information content (AvgIpc) is 2.04. The molecule has 0 amide bonds. The summed E-state index contributed by atoms with van der Waals surface area (Å²) in [5.74, 6) is 0. The molecule has 0 N–H and O–H groups in total. The van der Waals surface area contributed by atoms with Gasteiger partial charge < -0.3 is 0 Å². The van der Waals surface area contributed by atoms with E-state index >= 15 is 0 Å². The first kappa shape index (κ1) is 8.36. The topological polar surface area (TPSA) is 0 Å². The minimum atomic E-state index is 1.31. The molecule has 0 radical (unpaired) electrons. The maximum atomic E-state index is 2.12. The summed E-state index contributed by atoms with van der Waals surface area (Å²) >= 11 is 0. The first-order valence-electron chi connectivity index (χ1n) is 3.56. The monoisotopic (exact) mass is 116 g/mol. The molecular formula is C2H4B8. The van der Waals surface area contributed by atoms with Crippen molar-refractivity contribution in [1.82, 2.24) is 0 Å². The van der Waals surface area contributed by atoms with Gasteiger partial charge in [-0.05, 0) is 0 Å². The van der Waals surface area contributed by atoms with Crippen LogP contribution < -0.4 is 0 Å². The molecule has 0 saturated carbocycles. The van der Waals surface area contributed by atoms with Crippen LogP contribution in [0.15, 0.2) is 0 Å². The zero-order chi connectivity index (χ0) is 7.40. The molecule has 1 rings (SSSR count). The minimum absolute atomic E-state index is 1.31. The summed E-state index contributed by atoms with van der Waals surface area (Å²) < 4.78 is 0. The molecule has 1 aromatic rings. The molecule has 8 heteroatoms. The third-order valence-corrected chi connectivity index (χ3v) is 1.62. The Morgan fingerprint density at radius 2 is 1.30 bits per heavy atom. The van der Waals surface area contributed by atoms with Gasteiger partial charge in [-0.15, -0.1) is 0 Å². The Hall–Kier alpha value is 0.259. The van der Waals surface area contributed by atoms with E-state index < -0.39 is 0 Å². The molecule has 36 valence electrons. The summed E-state index contributed by atoms with van der Waals surface area (Å²) in [4.78, 5) is 0. The van der Waals surface area contributed by atoms with Crippen molar-refractivity contribution in [2.45, 2.75) is 0 Å². The van der Waals surface area contributed by atoms with Crippen molar-refractivity contribution in [3.63, 3.8) is 0 Å². The number of hydrogen-bond donors (Lipinski definition) is 0. The van der Waals surface area contributed by atoms with Crippen molar-refractivity contribution in [2.24, 2.45) is 0 Å². The Morgan fingerprint density at radius 1 is 0.900 bits per heavy atom. The molecule has 0 nitrogen and oxygen atoms in total. The van der Waals surface area contributed by atoms with Gasteiger partial charge in [-0.3, -0.25) is 0 Å². The van der Waals surface area contributed by atoms with Crippen molar-refractivity contribution in [3.8, 4) is 0 Å². The van der Waals surface area contributed by atoms with E-state index in [4.69, 9.17) is 0 Å². The van der Waals surface area contributed by atoms with Gasteiger partial charge in [-0.1, -0.05) is 0 Å². The Morgan fingerprint density at radius 3 is 1.60 bits per heavy atom. The maximum absolute atomic E-state index is 2.12. The van der Waals surface area contributed by atoms with Gasteiger partial charge >= 0.3 is 66.1 Å². The average molecular weight is 115 g/mol. The van der Waals surface area contributed by atoms with Crippen LogP contribution in [0.4, 0.5) is 0 Å². The molecule has 0 aromatic carbocycles. The fourth-order valence-corrected chi connectivity index (χ4v) is 1.04. The van der Waals surface area contributed by atoms with Gasteiger partial charge in [-0.25, -0.2) is 0 Å². The van der Waals surface area contributed by atoms with E-state index in [2.05, 4.69) is 56.1 Å². The Labute approximate surface area is 66.6 Å². The molecule has 0 saturated heterocycles. The van der Waals surface area contributed by atoms with E-state index in [1.807, 2.05) is 0 Å². The van der Waals surface area contributed by atoms with Crippen molar-refractivity contribution in [2.75, 3.05) is 0 Å². The van der Waals surface area contributed by atoms with Crippen LogP contribution in [-0.2, 0) is 0 Å². The van der Waals surface area contributed by atoms with Gasteiger partial charge in [0, 0.05) is 0 Å². The van der Waals surface area contributed by atoms with Crippen molar-refractivity contribution < 1.29 is 0 Å². The van der Waals surface area contributed by atoms with Crippen LogP contribution in [0.2, 0.25) is 0 Å². The van der Waals surface area contributed by atoms with Crippen LogP contribution in [0.1, 0.15) is 0 Å². The molecule has 10 heavy (non-hydrogen) atoms.